The van der Waals surface area contributed by atoms with Gasteiger partial charge in [-0.2, -0.15) is 0 Å². The van der Waals surface area contributed by atoms with Gasteiger partial charge in [0, 0.05) is 6.20 Å². The van der Waals surface area contributed by atoms with Crippen LogP contribution >= 0.6 is 0 Å². The Kier molecular flexibility index (Phi) is 4.63. The molecule has 6 nitrogen and oxygen atoms in total. The molecule has 2 rings (SSSR count). The number of rotatable bonds is 5. The van der Waals surface area contributed by atoms with Crippen molar-refractivity contribution in [1.82, 2.24) is 4.98 Å². The molecular weight excluding hydrogens is 270 g/mol. The summed E-state index contributed by atoms with van der Waals surface area (Å²) in [6, 6.07) is 11.7. The normalized spacial score (nSPS) is 13.2. The number of amides is 2. The molecule has 2 atom stereocenters. The molecule has 2 unspecified atom stereocenters. The average Bonchev–Trinajstić information content (AvgIpc) is 2.49. The molecule has 1 aromatic heterocycles. The van der Waals surface area contributed by atoms with Gasteiger partial charge in [0.2, 0.25) is 5.91 Å². The van der Waals surface area contributed by atoms with Crippen molar-refractivity contribution in [2.24, 2.45) is 5.73 Å². The fourth-order valence-electron chi connectivity index (χ4n) is 1.97. The van der Waals surface area contributed by atoms with Crippen molar-refractivity contribution < 1.29 is 14.7 Å². The van der Waals surface area contributed by atoms with Crippen LogP contribution in [-0.4, -0.2) is 28.0 Å². The lowest BCUT2D eigenvalue weighted by Crippen LogP contribution is -2.39. The maximum absolute atomic E-state index is 12.0. The lowest BCUT2D eigenvalue weighted by atomic mass is 9.92. The number of carbonyl (C=O) groups is 2. The molecule has 21 heavy (non-hydrogen) atoms. The van der Waals surface area contributed by atoms with Crippen molar-refractivity contribution >= 4 is 17.5 Å². The van der Waals surface area contributed by atoms with Crippen LogP contribution in [0.25, 0.3) is 0 Å². The van der Waals surface area contributed by atoms with Gasteiger partial charge in [-0.3, -0.25) is 14.6 Å². The van der Waals surface area contributed by atoms with Crippen molar-refractivity contribution in [1.29, 1.82) is 0 Å². The molecule has 0 bridgehead atoms. The van der Waals surface area contributed by atoms with E-state index in [2.05, 4.69) is 10.3 Å². The van der Waals surface area contributed by atoms with Crippen LogP contribution in [0.5, 0.6) is 0 Å². The minimum absolute atomic E-state index is 0.429. The second-order valence-electron chi connectivity index (χ2n) is 4.47. The standard InChI is InChI=1S/C15H15N3O3/c16-14(20)12(10-5-2-1-3-6-10)13(19)15(21)18-11-7-4-8-17-9-11/h1-9,12-13,19H,(H2,16,20)(H,18,21). The third-order valence-electron chi connectivity index (χ3n) is 2.98. The second kappa shape index (κ2) is 6.62. The van der Waals surface area contributed by atoms with Gasteiger partial charge in [-0.05, 0) is 17.7 Å². The van der Waals surface area contributed by atoms with Crippen LogP contribution in [0.3, 0.4) is 0 Å². The van der Waals surface area contributed by atoms with E-state index in [0.717, 1.165) is 0 Å². The van der Waals surface area contributed by atoms with Crippen molar-refractivity contribution in [3.05, 3.63) is 60.4 Å². The van der Waals surface area contributed by atoms with E-state index >= 15 is 0 Å². The second-order valence-corrected chi connectivity index (χ2v) is 4.47. The van der Waals surface area contributed by atoms with E-state index in [1.54, 1.807) is 48.7 Å². The van der Waals surface area contributed by atoms with Gasteiger partial charge in [0.15, 0.2) is 0 Å². The van der Waals surface area contributed by atoms with E-state index in [-0.39, 0.29) is 0 Å². The molecule has 0 aliphatic rings. The number of primary amides is 1. The lowest BCUT2D eigenvalue weighted by Gasteiger charge is -2.19. The molecule has 0 aliphatic carbocycles. The molecule has 1 aromatic carbocycles. The molecule has 0 aliphatic heterocycles. The Bertz CT molecular complexity index is 617. The molecule has 4 N–H and O–H groups in total. The zero-order valence-electron chi connectivity index (χ0n) is 11.1. The summed E-state index contributed by atoms with van der Waals surface area (Å²) in [5.41, 5.74) is 6.22. The van der Waals surface area contributed by atoms with E-state index in [9.17, 15) is 14.7 Å². The first kappa shape index (κ1) is 14.7. The minimum Gasteiger partial charge on any atom is -0.382 e. The predicted octanol–water partition coefficient (Wildman–Crippen LogP) is 0.650. The first-order valence-electron chi connectivity index (χ1n) is 6.33. The number of aliphatic hydroxyl groups excluding tert-OH is 1. The average molecular weight is 285 g/mol. The topological polar surface area (TPSA) is 105 Å². The monoisotopic (exact) mass is 285 g/mol. The molecule has 0 radical (unpaired) electrons. The number of nitrogens with zero attached hydrogens (tertiary/aromatic N) is 1. The zero-order chi connectivity index (χ0) is 15.2. The summed E-state index contributed by atoms with van der Waals surface area (Å²) in [4.78, 5) is 27.5. The quantitative estimate of drug-likeness (QED) is 0.750. The van der Waals surface area contributed by atoms with Gasteiger partial charge in [0.05, 0.1) is 17.8 Å². The highest BCUT2D eigenvalue weighted by molar-refractivity contribution is 5.99. The van der Waals surface area contributed by atoms with Crippen molar-refractivity contribution in [2.75, 3.05) is 5.32 Å². The summed E-state index contributed by atoms with van der Waals surface area (Å²) in [6.07, 6.45) is 1.42. The van der Waals surface area contributed by atoms with E-state index in [4.69, 9.17) is 5.73 Å². The molecule has 6 heteroatoms. The van der Waals surface area contributed by atoms with Gasteiger partial charge >= 0.3 is 0 Å². The SMILES string of the molecule is NC(=O)C(c1ccccc1)C(O)C(=O)Nc1cccnc1. The highest BCUT2D eigenvalue weighted by Crippen LogP contribution is 2.20. The van der Waals surface area contributed by atoms with E-state index in [1.807, 2.05) is 0 Å². The predicted molar refractivity (Wildman–Crippen MR) is 77.3 cm³/mol. The number of aliphatic hydroxyl groups is 1. The summed E-state index contributed by atoms with van der Waals surface area (Å²) >= 11 is 0. The molecule has 0 saturated heterocycles. The number of pyridine rings is 1. The summed E-state index contributed by atoms with van der Waals surface area (Å²) < 4.78 is 0. The van der Waals surface area contributed by atoms with Crippen molar-refractivity contribution in [2.45, 2.75) is 12.0 Å². The first-order chi connectivity index (χ1) is 10.1. The lowest BCUT2D eigenvalue weighted by molar-refractivity contribution is -0.131. The van der Waals surface area contributed by atoms with E-state index in [1.165, 1.54) is 6.20 Å². The maximum Gasteiger partial charge on any atom is 0.254 e. The Morgan fingerprint density at radius 1 is 1.14 bits per heavy atom. The third kappa shape index (κ3) is 3.64. The Morgan fingerprint density at radius 2 is 1.86 bits per heavy atom. The van der Waals surface area contributed by atoms with Gasteiger partial charge in [-0.25, -0.2) is 0 Å². The Balaban J connectivity index is 2.17. The van der Waals surface area contributed by atoms with E-state index in [0.29, 0.717) is 11.3 Å². The largest absolute Gasteiger partial charge is 0.382 e. The number of hydrogen-bond acceptors (Lipinski definition) is 4. The molecule has 2 aromatic rings. The number of nitrogens with two attached hydrogens (primary N) is 1. The number of benzene rings is 1. The molecule has 0 spiro atoms. The maximum atomic E-state index is 12.0. The Morgan fingerprint density at radius 3 is 2.43 bits per heavy atom. The van der Waals surface area contributed by atoms with Crippen LogP contribution in [-0.2, 0) is 9.59 Å². The number of aromatic nitrogens is 1. The van der Waals surface area contributed by atoms with Gasteiger partial charge in [-0.1, -0.05) is 30.3 Å². The molecule has 0 fully saturated rings. The summed E-state index contributed by atoms with van der Waals surface area (Å²) in [5, 5.41) is 12.6. The van der Waals surface area contributed by atoms with Gasteiger partial charge in [0.25, 0.3) is 5.91 Å². The first-order valence-corrected chi connectivity index (χ1v) is 6.33. The van der Waals surface area contributed by atoms with Crippen LogP contribution in [0.15, 0.2) is 54.9 Å². The zero-order valence-corrected chi connectivity index (χ0v) is 11.1. The molecule has 2 amide bonds. The van der Waals surface area contributed by atoms with Crippen LogP contribution in [0.1, 0.15) is 11.5 Å². The van der Waals surface area contributed by atoms with Gasteiger partial charge in [0.1, 0.15) is 6.10 Å². The summed E-state index contributed by atoms with van der Waals surface area (Å²) in [6.45, 7) is 0. The molecule has 1 heterocycles. The summed E-state index contributed by atoms with van der Waals surface area (Å²) in [7, 11) is 0. The van der Waals surface area contributed by atoms with Gasteiger partial charge in [-0.15, -0.1) is 0 Å². The van der Waals surface area contributed by atoms with Gasteiger partial charge < -0.3 is 16.2 Å². The van der Waals surface area contributed by atoms with Crippen LogP contribution in [0.4, 0.5) is 5.69 Å². The number of hydrogen-bond donors (Lipinski definition) is 3. The number of carbonyl (C=O) groups excluding carboxylic acids is 2. The Hall–Kier alpha value is -2.73. The van der Waals surface area contributed by atoms with Crippen LogP contribution in [0, 0.1) is 0 Å². The Labute approximate surface area is 121 Å². The number of nitrogens with one attached hydrogen (secondary N) is 1. The van der Waals surface area contributed by atoms with Crippen LogP contribution in [0.2, 0.25) is 0 Å². The minimum atomic E-state index is -1.58. The summed E-state index contributed by atoms with van der Waals surface area (Å²) in [5.74, 6) is -2.59. The third-order valence-corrected chi connectivity index (χ3v) is 2.98. The molecule has 108 valence electrons. The van der Waals surface area contributed by atoms with Crippen molar-refractivity contribution in [3.8, 4) is 0 Å². The fourth-order valence-corrected chi connectivity index (χ4v) is 1.97. The number of anilines is 1. The molecule has 0 saturated carbocycles. The van der Waals surface area contributed by atoms with Crippen molar-refractivity contribution in [3.63, 3.8) is 0 Å². The smallest absolute Gasteiger partial charge is 0.254 e. The highest BCUT2D eigenvalue weighted by atomic mass is 16.3. The fraction of sp³-hybridized carbons (Fsp3) is 0.133. The molecular formula is C15H15N3O3. The van der Waals surface area contributed by atoms with Crippen LogP contribution < -0.4 is 11.1 Å². The highest BCUT2D eigenvalue weighted by Gasteiger charge is 2.32. The van der Waals surface area contributed by atoms with E-state index < -0.39 is 23.8 Å².